The first-order valence-corrected chi connectivity index (χ1v) is 8.95. The van der Waals surface area contributed by atoms with Crippen LogP contribution in [0.25, 0.3) is 0 Å². The Labute approximate surface area is 136 Å². The summed E-state index contributed by atoms with van der Waals surface area (Å²) in [6, 6.07) is 6.13. The number of carbonyl (C=O) groups excluding carboxylic acids is 1. The quantitative estimate of drug-likeness (QED) is 0.856. The van der Waals surface area contributed by atoms with E-state index < -0.39 is 10.0 Å². The van der Waals surface area contributed by atoms with Gasteiger partial charge in [-0.25, -0.2) is 8.42 Å². The summed E-state index contributed by atoms with van der Waals surface area (Å²) in [7, 11) is -1.72. The molecule has 1 amide bonds. The highest BCUT2D eigenvalue weighted by atomic mass is 35.5. The highest BCUT2D eigenvalue weighted by Crippen LogP contribution is 2.20. The Bertz CT molecular complexity index is 611. The monoisotopic (exact) mass is 345 g/mol. The van der Waals surface area contributed by atoms with Gasteiger partial charge in [-0.15, -0.1) is 0 Å². The predicted molar refractivity (Wildman–Crippen MR) is 85.3 cm³/mol. The van der Waals surface area contributed by atoms with Gasteiger partial charge in [-0.1, -0.05) is 11.6 Å². The van der Waals surface area contributed by atoms with Crippen LogP contribution in [0.1, 0.15) is 6.42 Å². The van der Waals surface area contributed by atoms with Gasteiger partial charge >= 0.3 is 0 Å². The Kier molecular flexibility index (Phi) is 5.80. The molecule has 0 saturated carbocycles. The normalized spacial score (nSPS) is 16.7. The summed E-state index contributed by atoms with van der Waals surface area (Å²) in [4.78, 5) is 13.9. The standard InChI is InChI=1S/C14H20ClN3O3S/c1-16-7-6-14(19)17-8-10-18(11-9-17)22(20,21)13-4-2-12(15)3-5-13/h2-5,16H,6-11H2,1H3. The molecule has 1 heterocycles. The molecule has 1 aliphatic rings. The lowest BCUT2D eigenvalue weighted by atomic mass is 10.3. The van der Waals surface area contributed by atoms with Gasteiger partial charge < -0.3 is 10.2 Å². The highest BCUT2D eigenvalue weighted by molar-refractivity contribution is 7.89. The molecule has 1 N–H and O–H groups in total. The molecule has 1 saturated heterocycles. The number of amides is 1. The molecule has 1 aliphatic heterocycles. The zero-order valence-corrected chi connectivity index (χ0v) is 14.0. The van der Waals surface area contributed by atoms with Crippen LogP contribution in [-0.4, -0.2) is 63.3 Å². The van der Waals surface area contributed by atoms with Crippen molar-refractivity contribution in [3.05, 3.63) is 29.3 Å². The largest absolute Gasteiger partial charge is 0.340 e. The zero-order valence-electron chi connectivity index (χ0n) is 12.5. The molecule has 0 aromatic heterocycles. The number of sulfonamides is 1. The summed E-state index contributed by atoms with van der Waals surface area (Å²) in [6.07, 6.45) is 0.431. The molecule has 0 unspecified atom stereocenters. The van der Waals surface area contributed by atoms with E-state index in [-0.39, 0.29) is 10.8 Å². The maximum absolute atomic E-state index is 12.5. The minimum absolute atomic E-state index is 0.0536. The molecular weight excluding hydrogens is 326 g/mol. The Balaban J connectivity index is 1.98. The van der Waals surface area contributed by atoms with Crippen molar-refractivity contribution in [2.24, 2.45) is 0 Å². The van der Waals surface area contributed by atoms with Gasteiger partial charge in [-0.2, -0.15) is 4.31 Å². The van der Waals surface area contributed by atoms with E-state index >= 15 is 0 Å². The van der Waals surface area contributed by atoms with Crippen LogP contribution in [-0.2, 0) is 14.8 Å². The van der Waals surface area contributed by atoms with Gasteiger partial charge in [0.2, 0.25) is 15.9 Å². The van der Waals surface area contributed by atoms with E-state index in [0.717, 1.165) is 0 Å². The van der Waals surface area contributed by atoms with Crippen molar-refractivity contribution >= 4 is 27.5 Å². The second-order valence-electron chi connectivity index (χ2n) is 5.09. The summed E-state index contributed by atoms with van der Waals surface area (Å²) < 4.78 is 26.4. The molecule has 2 rings (SSSR count). The lowest BCUT2D eigenvalue weighted by Crippen LogP contribution is -2.50. The minimum Gasteiger partial charge on any atom is -0.340 e. The van der Waals surface area contributed by atoms with Crippen LogP contribution in [0, 0.1) is 0 Å². The van der Waals surface area contributed by atoms with Crippen LogP contribution < -0.4 is 5.32 Å². The smallest absolute Gasteiger partial charge is 0.243 e. The van der Waals surface area contributed by atoms with E-state index in [2.05, 4.69) is 5.32 Å². The first-order chi connectivity index (χ1) is 10.4. The molecule has 8 heteroatoms. The molecule has 0 radical (unpaired) electrons. The van der Waals surface area contributed by atoms with Gasteiger partial charge in [0.25, 0.3) is 0 Å². The van der Waals surface area contributed by atoms with Crippen molar-refractivity contribution in [1.29, 1.82) is 0 Å². The van der Waals surface area contributed by atoms with Crippen LogP contribution in [0.3, 0.4) is 0 Å². The van der Waals surface area contributed by atoms with E-state index in [1.165, 1.54) is 16.4 Å². The SMILES string of the molecule is CNCCC(=O)N1CCN(S(=O)(=O)c2ccc(Cl)cc2)CC1. The second-order valence-corrected chi connectivity index (χ2v) is 7.47. The Morgan fingerprint density at radius 2 is 1.77 bits per heavy atom. The molecular formula is C14H20ClN3O3S. The fourth-order valence-electron chi connectivity index (χ4n) is 2.32. The lowest BCUT2D eigenvalue weighted by molar-refractivity contribution is -0.132. The van der Waals surface area contributed by atoms with Crippen LogP contribution in [0.4, 0.5) is 0 Å². The number of carbonyl (C=O) groups is 1. The number of benzene rings is 1. The van der Waals surface area contributed by atoms with Crippen LogP contribution in [0.5, 0.6) is 0 Å². The minimum atomic E-state index is -3.52. The molecule has 122 valence electrons. The molecule has 1 fully saturated rings. The van der Waals surface area contributed by atoms with E-state index in [1.807, 2.05) is 0 Å². The highest BCUT2D eigenvalue weighted by Gasteiger charge is 2.29. The van der Waals surface area contributed by atoms with Gasteiger partial charge in [0, 0.05) is 44.2 Å². The van der Waals surface area contributed by atoms with Gasteiger partial charge in [0.15, 0.2) is 0 Å². The molecule has 1 aromatic carbocycles. The number of hydrogen-bond donors (Lipinski definition) is 1. The molecule has 0 atom stereocenters. The van der Waals surface area contributed by atoms with Gasteiger partial charge in [-0.05, 0) is 31.3 Å². The van der Waals surface area contributed by atoms with Crippen molar-refractivity contribution < 1.29 is 13.2 Å². The summed E-state index contributed by atoms with van der Waals surface area (Å²) in [5, 5.41) is 3.43. The van der Waals surface area contributed by atoms with E-state index in [0.29, 0.717) is 44.2 Å². The first-order valence-electron chi connectivity index (χ1n) is 7.13. The fraction of sp³-hybridized carbons (Fsp3) is 0.500. The second kappa shape index (κ2) is 7.41. The van der Waals surface area contributed by atoms with Crippen LogP contribution in [0.2, 0.25) is 5.02 Å². The van der Waals surface area contributed by atoms with Crippen molar-refractivity contribution in [3.63, 3.8) is 0 Å². The predicted octanol–water partition coefficient (Wildman–Crippen LogP) is 0.782. The average Bonchev–Trinajstić information content (AvgIpc) is 2.53. The summed E-state index contributed by atoms with van der Waals surface area (Å²) in [5.41, 5.74) is 0. The lowest BCUT2D eigenvalue weighted by Gasteiger charge is -2.34. The Hall–Kier alpha value is -1.15. The topological polar surface area (TPSA) is 69.7 Å². The molecule has 0 spiro atoms. The molecule has 0 aliphatic carbocycles. The third-order valence-electron chi connectivity index (χ3n) is 3.63. The summed E-state index contributed by atoms with van der Waals surface area (Å²) in [5.74, 6) is 0.0536. The molecule has 0 bridgehead atoms. The Morgan fingerprint density at radius 3 is 2.32 bits per heavy atom. The number of hydrogen-bond acceptors (Lipinski definition) is 4. The maximum Gasteiger partial charge on any atom is 0.243 e. The summed E-state index contributed by atoms with van der Waals surface area (Å²) in [6.45, 7) is 2.11. The number of piperazine rings is 1. The fourth-order valence-corrected chi connectivity index (χ4v) is 3.87. The van der Waals surface area contributed by atoms with Crippen LogP contribution >= 0.6 is 11.6 Å². The van der Waals surface area contributed by atoms with Crippen molar-refractivity contribution in [2.45, 2.75) is 11.3 Å². The van der Waals surface area contributed by atoms with Crippen LogP contribution in [0.15, 0.2) is 29.2 Å². The third kappa shape index (κ3) is 3.98. The van der Waals surface area contributed by atoms with E-state index in [9.17, 15) is 13.2 Å². The zero-order chi connectivity index (χ0) is 16.2. The first kappa shape index (κ1) is 17.2. The van der Waals surface area contributed by atoms with Crippen molar-refractivity contribution in [3.8, 4) is 0 Å². The molecule has 1 aromatic rings. The average molecular weight is 346 g/mol. The Morgan fingerprint density at radius 1 is 1.18 bits per heavy atom. The number of nitrogens with one attached hydrogen (secondary N) is 1. The molecule has 6 nitrogen and oxygen atoms in total. The van der Waals surface area contributed by atoms with E-state index in [4.69, 9.17) is 11.6 Å². The van der Waals surface area contributed by atoms with Gasteiger partial charge in [0.1, 0.15) is 0 Å². The van der Waals surface area contributed by atoms with E-state index in [1.54, 1.807) is 24.1 Å². The third-order valence-corrected chi connectivity index (χ3v) is 5.80. The number of rotatable bonds is 5. The van der Waals surface area contributed by atoms with Crippen molar-refractivity contribution in [2.75, 3.05) is 39.8 Å². The maximum atomic E-state index is 12.5. The van der Waals surface area contributed by atoms with Gasteiger partial charge in [-0.3, -0.25) is 4.79 Å². The van der Waals surface area contributed by atoms with Crippen molar-refractivity contribution in [1.82, 2.24) is 14.5 Å². The molecule has 22 heavy (non-hydrogen) atoms. The van der Waals surface area contributed by atoms with Gasteiger partial charge in [0.05, 0.1) is 4.90 Å². The summed E-state index contributed by atoms with van der Waals surface area (Å²) >= 11 is 5.79. The number of halogens is 1. The number of nitrogens with zero attached hydrogens (tertiary/aromatic N) is 2.